The molecule has 2 aliphatic rings. The van der Waals surface area contributed by atoms with E-state index in [1.807, 2.05) is 6.07 Å². The lowest BCUT2D eigenvalue weighted by atomic mass is 9.90. The van der Waals surface area contributed by atoms with Gasteiger partial charge in [0.1, 0.15) is 0 Å². The standard InChI is InChI=1S/C23H29N3O/c1-25-12-14-26(15-13-25)22-10-6-18(7-11-22)17-24-23(27)21-9-8-19-4-2-3-5-20(19)16-21/h6-11,16H,2-5,12-15,17H2,1H3,(H,24,27). The molecule has 4 rings (SSSR count). The van der Waals surface area contributed by atoms with Gasteiger partial charge in [0, 0.05) is 44.0 Å². The molecule has 0 atom stereocenters. The summed E-state index contributed by atoms with van der Waals surface area (Å²) in [7, 11) is 2.17. The first-order chi connectivity index (χ1) is 13.2. The van der Waals surface area contributed by atoms with Crippen LogP contribution in [0.25, 0.3) is 0 Å². The van der Waals surface area contributed by atoms with Crippen LogP contribution in [0.4, 0.5) is 5.69 Å². The van der Waals surface area contributed by atoms with Crippen molar-refractivity contribution in [2.24, 2.45) is 0 Å². The number of hydrogen-bond donors (Lipinski definition) is 1. The van der Waals surface area contributed by atoms with Gasteiger partial charge in [-0.2, -0.15) is 0 Å². The highest BCUT2D eigenvalue weighted by molar-refractivity contribution is 5.94. The van der Waals surface area contributed by atoms with E-state index in [1.165, 1.54) is 29.7 Å². The highest BCUT2D eigenvalue weighted by atomic mass is 16.1. The summed E-state index contributed by atoms with van der Waals surface area (Å²) in [5.74, 6) is 0.0199. The first-order valence-electron chi connectivity index (χ1n) is 10.1. The molecule has 0 unspecified atom stereocenters. The first-order valence-corrected chi connectivity index (χ1v) is 10.1. The van der Waals surface area contributed by atoms with Crippen molar-refractivity contribution in [3.63, 3.8) is 0 Å². The Morgan fingerprint density at radius 1 is 0.926 bits per heavy atom. The second-order valence-corrected chi connectivity index (χ2v) is 7.83. The van der Waals surface area contributed by atoms with E-state index in [0.717, 1.165) is 50.1 Å². The van der Waals surface area contributed by atoms with Gasteiger partial charge in [-0.15, -0.1) is 0 Å². The van der Waals surface area contributed by atoms with E-state index in [-0.39, 0.29) is 5.91 Å². The third-order valence-electron chi connectivity index (χ3n) is 5.87. The highest BCUT2D eigenvalue weighted by Crippen LogP contribution is 2.22. The van der Waals surface area contributed by atoms with Crippen LogP contribution in [0.15, 0.2) is 42.5 Å². The zero-order valence-corrected chi connectivity index (χ0v) is 16.2. The second-order valence-electron chi connectivity index (χ2n) is 7.83. The summed E-state index contributed by atoms with van der Waals surface area (Å²) in [5.41, 5.74) is 5.96. The third kappa shape index (κ3) is 4.33. The van der Waals surface area contributed by atoms with Gasteiger partial charge in [-0.3, -0.25) is 4.79 Å². The summed E-state index contributed by atoms with van der Waals surface area (Å²) in [6.07, 6.45) is 4.75. The molecule has 27 heavy (non-hydrogen) atoms. The Kier molecular flexibility index (Phi) is 5.44. The van der Waals surface area contributed by atoms with E-state index in [2.05, 4.69) is 58.6 Å². The fraction of sp³-hybridized carbons (Fsp3) is 0.435. The molecule has 4 nitrogen and oxygen atoms in total. The van der Waals surface area contributed by atoms with E-state index < -0.39 is 0 Å². The summed E-state index contributed by atoms with van der Waals surface area (Å²) in [5, 5.41) is 3.07. The van der Waals surface area contributed by atoms with E-state index in [9.17, 15) is 4.79 Å². The molecule has 4 heteroatoms. The maximum Gasteiger partial charge on any atom is 0.251 e. The van der Waals surface area contributed by atoms with Gasteiger partial charge >= 0.3 is 0 Å². The number of hydrogen-bond acceptors (Lipinski definition) is 3. The normalized spacial score (nSPS) is 17.4. The molecule has 1 aliphatic heterocycles. The number of rotatable bonds is 4. The number of nitrogens with one attached hydrogen (secondary N) is 1. The fourth-order valence-corrected chi connectivity index (χ4v) is 4.05. The van der Waals surface area contributed by atoms with E-state index in [1.54, 1.807) is 0 Å². The topological polar surface area (TPSA) is 35.6 Å². The van der Waals surface area contributed by atoms with Gasteiger partial charge in [0.25, 0.3) is 5.91 Å². The third-order valence-corrected chi connectivity index (χ3v) is 5.87. The van der Waals surface area contributed by atoms with Crippen LogP contribution in [0.5, 0.6) is 0 Å². The summed E-state index contributed by atoms with van der Waals surface area (Å²) < 4.78 is 0. The smallest absolute Gasteiger partial charge is 0.251 e. The molecule has 0 saturated carbocycles. The Morgan fingerprint density at radius 2 is 1.63 bits per heavy atom. The van der Waals surface area contributed by atoms with Gasteiger partial charge in [0.05, 0.1) is 0 Å². The van der Waals surface area contributed by atoms with Crippen LogP contribution in [0.1, 0.15) is 39.9 Å². The quantitative estimate of drug-likeness (QED) is 0.906. The number of fused-ring (bicyclic) bond motifs is 1. The van der Waals surface area contributed by atoms with Gasteiger partial charge in [0.15, 0.2) is 0 Å². The van der Waals surface area contributed by atoms with Gasteiger partial charge in [-0.25, -0.2) is 0 Å². The predicted molar refractivity (Wildman–Crippen MR) is 110 cm³/mol. The lowest BCUT2D eigenvalue weighted by Crippen LogP contribution is -2.44. The van der Waals surface area contributed by atoms with Crippen LogP contribution in [0, 0.1) is 0 Å². The molecule has 142 valence electrons. The number of aryl methyl sites for hydroxylation is 2. The Labute approximate surface area is 162 Å². The van der Waals surface area contributed by atoms with Crippen molar-refractivity contribution < 1.29 is 4.79 Å². The molecule has 2 aromatic carbocycles. The van der Waals surface area contributed by atoms with Crippen molar-refractivity contribution in [3.05, 3.63) is 64.7 Å². The number of carbonyl (C=O) groups is 1. The summed E-state index contributed by atoms with van der Waals surface area (Å²) in [4.78, 5) is 17.3. The Bertz CT molecular complexity index is 792. The van der Waals surface area contributed by atoms with Gasteiger partial charge in [0.2, 0.25) is 0 Å². The van der Waals surface area contributed by atoms with Crippen molar-refractivity contribution in [1.82, 2.24) is 10.2 Å². The first kappa shape index (κ1) is 18.1. The van der Waals surface area contributed by atoms with Crippen molar-refractivity contribution in [1.29, 1.82) is 0 Å². The fourth-order valence-electron chi connectivity index (χ4n) is 4.05. The molecule has 1 saturated heterocycles. The molecule has 0 bridgehead atoms. The number of likely N-dealkylation sites (N-methyl/N-ethyl adjacent to an activating group) is 1. The van der Waals surface area contributed by atoms with Crippen LogP contribution in [-0.2, 0) is 19.4 Å². The van der Waals surface area contributed by atoms with Gasteiger partial charge in [-0.1, -0.05) is 18.2 Å². The van der Waals surface area contributed by atoms with Crippen molar-refractivity contribution in [3.8, 4) is 0 Å². The van der Waals surface area contributed by atoms with Crippen LogP contribution in [-0.4, -0.2) is 44.0 Å². The maximum atomic E-state index is 12.5. The van der Waals surface area contributed by atoms with Crippen molar-refractivity contribution in [2.45, 2.75) is 32.2 Å². The van der Waals surface area contributed by atoms with Crippen LogP contribution >= 0.6 is 0 Å². The molecule has 1 fully saturated rings. The van der Waals surface area contributed by atoms with E-state index in [0.29, 0.717) is 6.54 Å². The van der Waals surface area contributed by atoms with Crippen LogP contribution < -0.4 is 10.2 Å². The Morgan fingerprint density at radius 3 is 2.37 bits per heavy atom. The summed E-state index contributed by atoms with van der Waals surface area (Å²) in [6, 6.07) is 14.8. The van der Waals surface area contributed by atoms with Gasteiger partial charge < -0.3 is 15.1 Å². The number of amides is 1. The van der Waals surface area contributed by atoms with Crippen LogP contribution in [0.2, 0.25) is 0 Å². The molecule has 0 spiro atoms. The molecule has 1 heterocycles. The van der Waals surface area contributed by atoms with Crippen molar-refractivity contribution >= 4 is 11.6 Å². The number of anilines is 1. The number of carbonyl (C=O) groups excluding carboxylic acids is 1. The summed E-state index contributed by atoms with van der Waals surface area (Å²) in [6.45, 7) is 4.94. The van der Waals surface area contributed by atoms with E-state index in [4.69, 9.17) is 0 Å². The zero-order chi connectivity index (χ0) is 18.6. The zero-order valence-electron chi connectivity index (χ0n) is 16.2. The van der Waals surface area contributed by atoms with E-state index >= 15 is 0 Å². The monoisotopic (exact) mass is 363 g/mol. The number of nitrogens with zero attached hydrogens (tertiary/aromatic N) is 2. The average molecular weight is 364 g/mol. The predicted octanol–water partition coefficient (Wildman–Crippen LogP) is 3.25. The highest BCUT2D eigenvalue weighted by Gasteiger charge is 2.15. The molecule has 0 aromatic heterocycles. The molecule has 1 N–H and O–H groups in total. The minimum Gasteiger partial charge on any atom is -0.369 e. The largest absolute Gasteiger partial charge is 0.369 e. The molecular weight excluding hydrogens is 334 g/mol. The van der Waals surface area contributed by atoms with Crippen molar-refractivity contribution in [2.75, 3.05) is 38.1 Å². The molecular formula is C23H29N3O. The summed E-state index contributed by atoms with van der Waals surface area (Å²) >= 11 is 0. The lowest BCUT2D eigenvalue weighted by Gasteiger charge is -2.34. The average Bonchev–Trinajstić information content (AvgIpc) is 2.72. The van der Waals surface area contributed by atoms with Gasteiger partial charge in [-0.05, 0) is 73.7 Å². The van der Waals surface area contributed by atoms with Crippen LogP contribution in [0.3, 0.4) is 0 Å². The molecule has 2 aromatic rings. The molecule has 0 radical (unpaired) electrons. The molecule has 1 amide bonds. The Hall–Kier alpha value is -2.33. The maximum absolute atomic E-state index is 12.5. The SMILES string of the molecule is CN1CCN(c2ccc(CNC(=O)c3ccc4c(c3)CCCC4)cc2)CC1. The molecule has 1 aliphatic carbocycles. The lowest BCUT2D eigenvalue weighted by molar-refractivity contribution is 0.0951. The second kappa shape index (κ2) is 8.13. The minimum atomic E-state index is 0.0199. The minimum absolute atomic E-state index is 0.0199. The number of piperazine rings is 1. The Balaban J connectivity index is 1.34. The number of benzene rings is 2.